The van der Waals surface area contributed by atoms with Gasteiger partial charge in [0.2, 0.25) is 23.6 Å². The van der Waals surface area contributed by atoms with E-state index in [1.165, 1.54) is 19.2 Å². The molecule has 60 heavy (non-hydrogen) atoms. The van der Waals surface area contributed by atoms with Crippen LogP contribution in [0, 0.1) is 16.6 Å². The van der Waals surface area contributed by atoms with Crippen molar-refractivity contribution >= 4 is 46.8 Å². The summed E-state index contributed by atoms with van der Waals surface area (Å²) < 4.78 is 18.9. The van der Waals surface area contributed by atoms with Gasteiger partial charge in [-0.3, -0.25) is 19.2 Å². The number of nitrogens with zero attached hydrogens (tertiary/aromatic N) is 3. The third kappa shape index (κ3) is 9.75. The molecule has 3 heterocycles. The monoisotopic (exact) mass is 825 g/mol. The zero-order chi connectivity index (χ0) is 43.5. The Hall–Kier alpha value is -5.50. The van der Waals surface area contributed by atoms with Crippen LogP contribution in [-0.2, 0) is 23.9 Å². The zero-order valence-electron chi connectivity index (χ0n) is 35.8. The lowest BCUT2D eigenvalue weighted by Crippen LogP contribution is -2.57. The topological polar surface area (TPSA) is 166 Å². The number of hydrogen-bond donors (Lipinski definition) is 4. The molecule has 6 rings (SSSR count). The predicted molar refractivity (Wildman–Crippen MR) is 229 cm³/mol. The molecule has 3 aromatic rings. The summed E-state index contributed by atoms with van der Waals surface area (Å²) in [7, 11) is 1.24. The molecule has 3 saturated heterocycles. The van der Waals surface area contributed by atoms with Gasteiger partial charge in [-0.2, -0.15) is 0 Å². The largest absolute Gasteiger partial charge is 0.453 e. The van der Waals surface area contributed by atoms with E-state index in [9.17, 15) is 28.4 Å². The number of anilines is 3. The predicted octanol–water partition coefficient (Wildman–Crippen LogP) is 6.91. The van der Waals surface area contributed by atoms with Crippen LogP contribution in [0.15, 0.2) is 72.8 Å². The number of halogens is 1. The third-order valence-electron chi connectivity index (χ3n) is 12.1. The summed E-state index contributed by atoms with van der Waals surface area (Å²) in [5.41, 5.74) is 9.36. The summed E-state index contributed by atoms with van der Waals surface area (Å²) in [5, 5.41) is 8.66. The molecule has 322 valence electrons. The fraction of sp³-hybridized carbons (Fsp3) is 0.500. The Morgan fingerprint density at radius 3 is 1.53 bits per heavy atom. The van der Waals surface area contributed by atoms with Crippen molar-refractivity contribution in [3.63, 3.8) is 0 Å². The molecule has 6 atom stereocenters. The highest BCUT2D eigenvalue weighted by atomic mass is 19.1. The average Bonchev–Trinajstić information content (AvgIpc) is 4.00. The Balaban J connectivity index is 1.14. The molecule has 3 aliphatic heterocycles. The number of nitrogens with two attached hydrogens (primary N) is 1. The molecule has 5 amide bonds. The van der Waals surface area contributed by atoms with Crippen LogP contribution in [0.4, 0.5) is 26.2 Å². The Morgan fingerprint density at radius 2 is 1.12 bits per heavy atom. The molecule has 0 bridgehead atoms. The van der Waals surface area contributed by atoms with Gasteiger partial charge in [0, 0.05) is 30.2 Å². The highest BCUT2D eigenvalue weighted by Gasteiger charge is 2.43. The van der Waals surface area contributed by atoms with Crippen LogP contribution in [0.2, 0.25) is 0 Å². The minimum Gasteiger partial charge on any atom is -0.453 e. The van der Waals surface area contributed by atoms with Crippen molar-refractivity contribution in [1.29, 1.82) is 0 Å². The van der Waals surface area contributed by atoms with Gasteiger partial charge in [0.05, 0.1) is 25.2 Å². The summed E-state index contributed by atoms with van der Waals surface area (Å²) in [6, 6.07) is 18.9. The van der Waals surface area contributed by atoms with Gasteiger partial charge in [0.15, 0.2) is 0 Å². The maximum Gasteiger partial charge on any atom is 0.407 e. The van der Waals surface area contributed by atoms with Gasteiger partial charge < -0.3 is 41.1 Å². The van der Waals surface area contributed by atoms with Crippen LogP contribution >= 0.6 is 0 Å². The molecule has 0 unspecified atom stereocenters. The lowest BCUT2D eigenvalue weighted by atomic mass is 9.85. The number of rotatable bonds is 10. The summed E-state index contributed by atoms with van der Waals surface area (Å²) in [6.45, 7) is 12.2. The second-order valence-electron chi connectivity index (χ2n) is 18.4. The molecule has 14 heteroatoms. The Labute approximate surface area is 352 Å². The summed E-state index contributed by atoms with van der Waals surface area (Å²) in [4.78, 5) is 71.5. The van der Waals surface area contributed by atoms with Crippen LogP contribution in [-0.4, -0.2) is 83.9 Å². The fourth-order valence-corrected chi connectivity index (χ4v) is 8.61. The van der Waals surface area contributed by atoms with Crippen LogP contribution in [0.1, 0.15) is 103 Å². The van der Waals surface area contributed by atoms with Crippen LogP contribution in [0.25, 0.3) is 0 Å². The molecular weight excluding hydrogens is 766 g/mol. The number of likely N-dealkylation sites (tertiary alicyclic amines) is 2. The molecule has 3 aliphatic rings. The van der Waals surface area contributed by atoms with Crippen LogP contribution in [0.3, 0.4) is 0 Å². The first-order valence-electron chi connectivity index (χ1n) is 20.9. The van der Waals surface area contributed by atoms with Gasteiger partial charge in [0.1, 0.15) is 23.9 Å². The number of carbonyl (C=O) groups excluding carboxylic acids is 5. The summed E-state index contributed by atoms with van der Waals surface area (Å²) >= 11 is 0. The second-order valence-corrected chi connectivity index (χ2v) is 18.4. The molecule has 3 aromatic carbocycles. The Bertz CT molecular complexity index is 2030. The van der Waals surface area contributed by atoms with Gasteiger partial charge in [-0.25, -0.2) is 9.18 Å². The van der Waals surface area contributed by atoms with E-state index >= 15 is 0 Å². The SMILES string of the molecule is COC(=O)N[C@H](C(=O)N1CCC[C@H]1C(=O)Nc1ccc([C@H]2CC[C@H](c3ccc(NC(=O)[C@@H]4CCCN4C(=O)[C@@H](N)C(C)(C)C)cc3)N2c2ccc(F)cc2)cc1)C(C)(C)C. The van der Waals surface area contributed by atoms with E-state index < -0.39 is 41.1 Å². The zero-order valence-corrected chi connectivity index (χ0v) is 35.8. The van der Waals surface area contributed by atoms with Gasteiger partial charge in [-0.05, 0) is 109 Å². The van der Waals surface area contributed by atoms with Crippen LogP contribution < -0.4 is 26.6 Å². The quantitative estimate of drug-likeness (QED) is 0.171. The number of methoxy groups -OCH3 is 1. The molecule has 5 N–H and O–H groups in total. The van der Waals surface area contributed by atoms with E-state index in [2.05, 4.69) is 20.9 Å². The Morgan fingerprint density at radius 1 is 0.667 bits per heavy atom. The minimum absolute atomic E-state index is 0.0529. The highest BCUT2D eigenvalue weighted by Crippen LogP contribution is 2.47. The number of alkyl carbamates (subject to hydrolysis) is 1. The lowest BCUT2D eigenvalue weighted by molar-refractivity contribution is -0.140. The van der Waals surface area contributed by atoms with E-state index in [0.29, 0.717) is 43.7 Å². The van der Waals surface area contributed by atoms with Crippen molar-refractivity contribution in [1.82, 2.24) is 15.1 Å². The van der Waals surface area contributed by atoms with Crippen molar-refractivity contribution in [3.05, 3.63) is 89.7 Å². The molecule has 0 saturated carbocycles. The van der Waals surface area contributed by atoms with Crippen molar-refractivity contribution in [3.8, 4) is 0 Å². The lowest BCUT2D eigenvalue weighted by Gasteiger charge is -2.35. The number of carbonyl (C=O) groups is 5. The molecule has 3 fully saturated rings. The van der Waals surface area contributed by atoms with E-state index in [-0.39, 0.29) is 41.5 Å². The summed E-state index contributed by atoms with van der Waals surface area (Å²) in [5.74, 6) is -1.41. The third-order valence-corrected chi connectivity index (χ3v) is 12.1. The first-order valence-corrected chi connectivity index (χ1v) is 20.9. The molecule has 0 aromatic heterocycles. The van der Waals surface area contributed by atoms with Crippen molar-refractivity contribution in [2.45, 2.75) is 116 Å². The maximum absolute atomic E-state index is 14.2. The van der Waals surface area contributed by atoms with Gasteiger partial charge in [-0.15, -0.1) is 0 Å². The van der Waals surface area contributed by atoms with Crippen molar-refractivity contribution in [2.24, 2.45) is 16.6 Å². The second kappa shape index (κ2) is 18.0. The van der Waals surface area contributed by atoms with Crippen molar-refractivity contribution in [2.75, 3.05) is 35.7 Å². The smallest absolute Gasteiger partial charge is 0.407 e. The number of nitrogens with one attached hydrogen (secondary N) is 3. The van der Waals surface area contributed by atoms with Crippen LogP contribution in [0.5, 0.6) is 0 Å². The van der Waals surface area contributed by atoms with Gasteiger partial charge in [-0.1, -0.05) is 65.8 Å². The molecule has 0 radical (unpaired) electrons. The van der Waals surface area contributed by atoms with Crippen molar-refractivity contribution < 1.29 is 33.1 Å². The molecule has 0 aliphatic carbocycles. The Kier molecular flexibility index (Phi) is 13.2. The molecular formula is C46H60FN7O6. The maximum atomic E-state index is 14.2. The number of benzene rings is 3. The van der Waals surface area contributed by atoms with E-state index in [0.717, 1.165) is 36.1 Å². The van der Waals surface area contributed by atoms with E-state index in [1.807, 2.05) is 90.1 Å². The fourth-order valence-electron chi connectivity index (χ4n) is 8.61. The molecule has 13 nitrogen and oxygen atoms in total. The average molecular weight is 826 g/mol. The number of hydrogen-bond acceptors (Lipinski definition) is 8. The molecule has 0 spiro atoms. The minimum atomic E-state index is -0.875. The van der Waals surface area contributed by atoms with Gasteiger partial charge in [0.25, 0.3) is 0 Å². The standard InChI is InChI=1S/C46H60FN7O6/c1-45(2,3)38(48)42(57)52-26-8-10-36(52)40(55)49-31-18-12-28(13-19-31)34-24-25-35(54(34)33-22-16-30(47)17-23-33)29-14-20-32(21-15-29)50-41(56)37-11-9-27-53(37)43(58)39(46(4,5)6)51-44(59)60-7/h12-23,34-39H,8-11,24-27,48H2,1-7H3,(H,49,55)(H,50,56)(H,51,59)/t34-,35-,36+,37+,38-,39-/m1/s1. The number of amides is 5. The normalized spacial score (nSPS) is 21.6. The van der Waals surface area contributed by atoms with E-state index in [4.69, 9.17) is 10.5 Å². The highest BCUT2D eigenvalue weighted by molar-refractivity contribution is 5.99. The first-order chi connectivity index (χ1) is 28.4. The first kappa shape index (κ1) is 44.1. The number of ether oxygens (including phenoxy) is 1. The van der Waals surface area contributed by atoms with E-state index in [1.54, 1.807) is 21.9 Å². The van der Waals surface area contributed by atoms with Gasteiger partial charge >= 0.3 is 6.09 Å². The summed E-state index contributed by atoms with van der Waals surface area (Å²) in [6.07, 6.45) is 3.38.